The van der Waals surface area contributed by atoms with Crippen LogP contribution >= 0.6 is 11.6 Å². The number of benzene rings is 2. The molecule has 1 aliphatic carbocycles. The van der Waals surface area contributed by atoms with Crippen molar-refractivity contribution in [3.8, 4) is 5.75 Å². The van der Waals surface area contributed by atoms with Gasteiger partial charge in [0.15, 0.2) is 0 Å². The van der Waals surface area contributed by atoms with Crippen LogP contribution in [-0.4, -0.2) is 11.1 Å². The molecule has 2 aromatic carbocycles. The van der Waals surface area contributed by atoms with E-state index in [2.05, 4.69) is 17.4 Å². The molecule has 1 saturated carbocycles. The Balaban J connectivity index is 1.62. The van der Waals surface area contributed by atoms with E-state index < -0.39 is 0 Å². The van der Waals surface area contributed by atoms with Crippen LogP contribution in [0.4, 0.5) is 5.69 Å². The summed E-state index contributed by atoms with van der Waals surface area (Å²) in [5.74, 6) is 0.990. The van der Waals surface area contributed by atoms with Crippen LogP contribution in [0.25, 0.3) is 0 Å². The third-order valence-electron chi connectivity index (χ3n) is 4.38. The summed E-state index contributed by atoms with van der Waals surface area (Å²) in [4.78, 5) is 0. The molecule has 0 spiro atoms. The second kappa shape index (κ2) is 5.61. The zero-order valence-corrected chi connectivity index (χ0v) is 13.1. The zero-order valence-electron chi connectivity index (χ0n) is 12.4. The second-order valence-corrected chi connectivity index (χ2v) is 6.45. The normalized spacial score (nSPS) is 20.9. The fraction of sp³-hybridized carbons (Fsp3) is 0.333. The highest BCUT2D eigenvalue weighted by atomic mass is 35.5. The van der Waals surface area contributed by atoms with E-state index >= 15 is 0 Å². The van der Waals surface area contributed by atoms with Crippen molar-refractivity contribution < 1.29 is 5.11 Å². The minimum Gasteiger partial charge on any atom is -0.508 e. The number of hydrogen-bond acceptors (Lipinski definition) is 2. The van der Waals surface area contributed by atoms with E-state index in [-0.39, 0.29) is 0 Å². The Labute approximate surface area is 130 Å². The predicted octanol–water partition coefficient (Wildman–Crippen LogP) is 5.02. The molecule has 0 atom stereocenters. The van der Waals surface area contributed by atoms with Crippen LogP contribution in [0.2, 0.25) is 5.02 Å². The van der Waals surface area contributed by atoms with Crippen molar-refractivity contribution >= 4 is 17.3 Å². The first-order valence-corrected chi connectivity index (χ1v) is 7.73. The maximum Gasteiger partial charge on any atom is 0.118 e. The summed E-state index contributed by atoms with van der Waals surface area (Å²) < 4.78 is 0. The molecule has 1 aliphatic rings. The Hall–Kier alpha value is -1.67. The fourth-order valence-corrected chi connectivity index (χ4v) is 3.05. The molecule has 0 aromatic heterocycles. The molecular weight excluding hydrogens is 282 g/mol. The van der Waals surface area contributed by atoms with Gasteiger partial charge >= 0.3 is 0 Å². The van der Waals surface area contributed by atoms with Crippen LogP contribution in [-0.2, 0) is 0 Å². The average molecular weight is 302 g/mol. The number of halogens is 1. The largest absolute Gasteiger partial charge is 0.508 e. The molecule has 0 aliphatic heterocycles. The van der Waals surface area contributed by atoms with E-state index in [0.29, 0.717) is 17.7 Å². The molecule has 0 radical (unpaired) electrons. The molecule has 21 heavy (non-hydrogen) atoms. The highest BCUT2D eigenvalue weighted by Crippen LogP contribution is 2.39. The smallest absolute Gasteiger partial charge is 0.118 e. The SMILES string of the molecule is Cc1cc(NC2CC(c3ccc(Cl)cc3)C2)c(C)cc1O. The van der Waals surface area contributed by atoms with Crippen LogP contribution < -0.4 is 5.32 Å². The highest BCUT2D eigenvalue weighted by Gasteiger charge is 2.30. The predicted molar refractivity (Wildman–Crippen MR) is 88.4 cm³/mol. The summed E-state index contributed by atoms with van der Waals surface area (Å²) >= 11 is 5.93. The van der Waals surface area contributed by atoms with Gasteiger partial charge in [-0.2, -0.15) is 0 Å². The van der Waals surface area contributed by atoms with E-state index in [9.17, 15) is 5.11 Å². The van der Waals surface area contributed by atoms with Crippen molar-refractivity contribution in [2.75, 3.05) is 5.32 Å². The van der Waals surface area contributed by atoms with E-state index in [1.54, 1.807) is 0 Å². The van der Waals surface area contributed by atoms with Crippen molar-refractivity contribution in [2.45, 2.75) is 38.6 Å². The number of nitrogens with one attached hydrogen (secondary N) is 1. The van der Waals surface area contributed by atoms with Crippen molar-refractivity contribution in [1.29, 1.82) is 0 Å². The maximum atomic E-state index is 9.70. The quantitative estimate of drug-likeness (QED) is 0.780. The van der Waals surface area contributed by atoms with Gasteiger partial charge in [0.2, 0.25) is 0 Å². The molecule has 3 rings (SSSR count). The molecule has 2 nitrogen and oxygen atoms in total. The molecule has 3 heteroatoms. The minimum absolute atomic E-state index is 0.366. The Morgan fingerprint density at radius 3 is 2.38 bits per heavy atom. The van der Waals surface area contributed by atoms with Gasteiger partial charge in [-0.3, -0.25) is 0 Å². The third-order valence-corrected chi connectivity index (χ3v) is 4.63. The van der Waals surface area contributed by atoms with Crippen molar-refractivity contribution in [3.63, 3.8) is 0 Å². The molecule has 2 N–H and O–H groups in total. The number of rotatable bonds is 3. The third kappa shape index (κ3) is 3.01. The average Bonchev–Trinajstić information content (AvgIpc) is 2.40. The first-order valence-electron chi connectivity index (χ1n) is 7.35. The first kappa shape index (κ1) is 14.3. The zero-order chi connectivity index (χ0) is 15.0. The number of phenolic OH excluding ortho intramolecular Hbond substituents is 1. The summed E-state index contributed by atoms with van der Waals surface area (Å²) in [6.45, 7) is 3.95. The topological polar surface area (TPSA) is 32.3 Å². The van der Waals surface area contributed by atoms with E-state index in [0.717, 1.165) is 34.7 Å². The summed E-state index contributed by atoms with van der Waals surface area (Å²) in [6, 6.07) is 12.5. The number of aromatic hydroxyl groups is 1. The molecule has 0 bridgehead atoms. The molecular formula is C18H20ClNO. The fourth-order valence-electron chi connectivity index (χ4n) is 2.92. The van der Waals surface area contributed by atoms with Crippen LogP contribution in [0.1, 0.15) is 35.4 Å². The van der Waals surface area contributed by atoms with Crippen LogP contribution in [0.3, 0.4) is 0 Å². The van der Waals surface area contributed by atoms with Gasteiger partial charge < -0.3 is 10.4 Å². The molecule has 110 valence electrons. The standard InChI is InChI=1S/C18H20ClNO/c1-11-8-18(21)12(2)7-17(11)20-16-9-14(10-16)13-3-5-15(19)6-4-13/h3-8,14,16,20-21H,9-10H2,1-2H3. The van der Waals surface area contributed by atoms with E-state index in [1.807, 2.05) is 38.1 Å². The number of hydrogen-bond donors (Lipinski definition) is 2. The van der Waals surface area contributed by atoms with E-state index in [1.165, 1.54) is 5.56 Å². The lowest BCUT2D eigenvalue weighted by Crippen LogP contribution is -2.34. The van der Waals surface area contributed by atoms with Gasteiger partial charge in [0.1, 0.15) is 5.75 Å². The van der Waals surface area contributed by atoms with Crippen LogP contribution in [0.5, 0.6) is 5.75 Å². The second-order valence-electron chi connectivity index (χ2n) is 6.01. The number of aryl methyl sites for hydroxylation is 2. The van der Waals surface area contributed by atoms with Gasteiger partial charge in [0, 0.05) is 16.8 Å². The van der Waals surface area contributed by atoms with Gasteiger partial charge in [-0.05, 0) is 73.6 Å². The Morgan fingerprint density at radius 2 is 1.71 bits per heavy atom. The molecule has 0 unspecified atom stereocenters. The summed E-state index contributed by atoms with van der Waals surface area (Å²) in [5, 5.41) is 14.1. The maximum absolute atomic E-state index is 9.70. The van der Waals surface area contributed by atoms with Gasteiger partial charge in [-0.25, -0.2) is 0 Å². The lowest BCUT2D eigenvalue weighted by atomic mass is 9.76. The molecule has 0 saturated heterocycles. The molecule has 2 aromatic rings. The summed E-state index contributed by atoms with van der Waals surface area (Å²) in [6.07, 6.45) is 2.28. The van der Waals surface area contributed by atoms with Gasteiger partial charge in [-0.1, -0.05) is 23.7 Å². The number of phenols is 1. The lowest BCUT2D eigenvalue weighted by molar-refractivity contribution is 0.374. The van der Waals surface area contributed by atoms with Crippen LogP contribution in [0.15, 0.2) is 36.4 Å². The van der Waals surface area contributed by atoms with Crippen molar-refractivity contribution in [3.05, 3.63) is 58.1 Å². The summed E-state index contributed by atoms with van der Waals surface area (Å²) in [5.41, 5.74) is 4.51. The number of anilines is 1. The molecule has 1 fully saturated rings. The van der Waals surface area contributed by atoms with Gasteiger partial charge in [0.05, 0.1) is 0 Å². The molecule has 0 heterocycles. The Morgan fingerprint density at radius 1 is 1.05 bits per heavy atom. The van der Waals surface area contributed by atoms with E-state index in [4.69, 9.17) is 11.6 Å². The minimum atomic E-state index is 0.366. The van der Waals surface area contributed by atoms with Crippen molar-refractivity contribution in [2.24, 2.45) is 0 Å². The lowest BCUT2D eigenvalue weighted by Gasteiger charge is -2.37. The van der Waals surface area contributed by atoms with Crippen LogP contribution in [0, 0.1) is 13.8 Å². The monoisotopic (exact) mass is 301 g/mol. The first-order chi connectivity index (χ1) is 10.0. The highest BCUT2D eigenvalue weighted by molar-refractivity contribution is 6.30. The Bertz CT molecular complexity index is 645. The molecule has 0 amide bonds. The van der Waals surface area contributed by atoms with Gasteiger partial charge in [-0.15, -0.1) is 0 Å². The van der Waals surface area contributed by atoms with Crippen molar-refractivity contribution in [1.82, 2.24) is 0 Å². The summed E-state index contributed by atoms with van der Waals surface area (Å²) in [7, 11) is 0. The Kier molecular flexibility index (Phi) is 3.81. The van der Waals surface area contributed by atoms with Gasteiger partial charge in [0.25, 0.3) is 0 Å².